The molecule has 2 N–H and O–H groups in total. The lowest BCUT2D eigenvalue weighted by atomic mass is 9.89. The van der Waals surface area contributed by atoms with E-state index in [2.05, 4.69) is 18.0 Å². The van der Waals surface area contributed by atoms with Crippen LogP contribution in [0.5, 0.6) is 5.75 Å². The predicted molar refractivity (Wildman–Crippen MR) is 77.3 cm³/mol. The molecule has 1 fully saturated rings. The fraction of sp³-hybridized carbons (Fsp3) is 0.600. The molecule has 3 nitrogen and oxygen atoms in total. The molecule has 1 aromatic rings. The second-order valence-corrected chi connectivity index (χ2v) is 5.31. The molecule has 100 valence electrons. The number of ether oxygens (including phenoxy) is 1. The first-order chi connectivity index (χ1) is 8.70. The second kappa shape index (κ2) is 5.98. The van der Waals surface area contributed by atoms with E-state index in [0.717, 1.165) is 18.2 Å². The number of anilines is 2. The molecule has 0 bridgehead atoms. The van der Waals surface area contributed by atoms with Gasteiger partial charge in [0.25, 0.3) is 0 Å². The van der Waals surface area contributed by atoms with Crippen LogP contribution in [-0.2, 0) is 0 Å². The fourth-order valence-electron chi connectivity index (χ4n) is 2.80. The van der Waals surface area contributed by atoms with Crippen LogP contribution >= 0.6 is 0 Å². The van der Waals surface area contributed by atoms with Crippen molar-refractivity contribution in [2.45, 2.75) is 32.1 Å². The van der Waals surface area contributed by atoms with Gasteiger partial charge in [-0.2, -0.15) is 0 Å². The molecule has 0 spiro atoms. The first-order valence-electron chi connectivity index (χ1n) is 6.85. The molecule has 0 unspecified atom stereocenters. The highest BCUT2D eigenvalue weighted by Gasteiger charge is 2.16. The molecule has 1 aliphatic carbocycles. The Balaban J connectivity index is 2.01. The average Bonchev–Trinajstić information content (AvgIpc) is 2.40. The molecule has 18 heavy (non-hydrogen) atoms. The third-order valence-corrected chi connectivity index (χ3v) is 3.91. The molecule has 2 rings (SSSR count). The van der Waals surface area contributed by atoms with Gasteiger partial charge in [-0.1, -0.05) is 19.3 Å². The summed E-state index contributed by atoms with van der Waals surface area (Å²) in [6.07, 6.45) is 6.94. The quantitative estimate of drug-likeness (QED) is 0.831. The summed E-state index contributed by atoms with van der Waals surface area (Å²) in [5, 5.41) is 0. The lowest BCUT2D eigenvalue weighted by Crippen LogP contribution is -2.26. The van der Waals surface area contributed by atoms with Gasteiger partial charge in [0.05, 0.1) is 12.8 Å². The first-order valence-corrected chi connectivity index (χ1v) is 6.85. The molecular formula is C15H24N2O. The fourth-order valence-corrected chi connectivity index (χ4v) is 2.80. The van der Waals surface area contributed by atoms with Crippen molar-refractivity contribution in [2.24, 2.45) is 5.92 Å². The summed E-state index contributed by atoms with van der Waals surface area (Å²) >= 11 is 0. The Morgan fingerprint density at radius 3 is 2.67 bits per heavy atom. The summed E-state index contributed by atoms with van der Waals surface area (Å²) in [7, 11) is 3.82. The number of hydrogen-bond acceptors (Lipinski definition) is 3. The number of nitrogens with zero attached hydrogens (tertiary/aromatic N) is 1. The van der Waals surface area contributed by atoms with E-state index >= 15 is 0 Å². The van der Waals surface area contributed by atoms with Crippen LogP contribution in [0.2, 0.25) is 0 Å². The largest absolute Gasteiger partial charge is 0.495 e. The van der Waals surface area contributed by atoms with E-state index in [0.29, 0.717) is 5.69 Å². The average molecular weight is 248 g/mol. The maximum atomic E-state index is 5.84. The molecular weight excluding hydrogens is 224 g/mol. The summed E-state index contributed by atoms with van der Waals surface area (Å²) in [6.45, 7) is 1.13. The minimum absolute atomic E-state index is 0.701. The van der Waals surface area contributed by atoms with Crippen molar-refractivity contribution in [3.05, 3.63) is 18.2 Å². The van der Waals surface area contributed by atoms with E-state index in [1.54, 1.807) is 7.11 Å². The van der Waals surface area contributed by atoms with Gasteiger partial charge in [0.2, 0.25) is 0 Å². The highest BCUT2D eigenvalue weighted by Crippen LogP contribution is 2.29. The number of nitrogens with two attached hydrogens (primary N) is 1. The molecule has 0 saturated heterocycles. The number of rotatable bonds is 4. The first kappa shape index (κ1) is 13.1. The van der Waals surface area contributed by atoms with Gasteiger partial charge in [0, 0.05) is 25.3 Å². The summed E-state index contributed by atoms with van der Waals surface area (Å²) in [5.74, 6) is 1.61. The molecule has 0 atom stereocenters. The predicted octanol–water partition coefficient (Wildman–Crippen LogP) is 3.29. The summed E-state index contributed by atoms with van der Waals surface area (Å²) in [6, 6.07) is 6.02. The van der Waals surface area contributed by atoms with Gasteiger partial charge < -0.3 is 15.4 Å². The summed E-state index contributed by atoms with van der Waals surface area (Å²) in [5.41, 5.74) is 7.73. The summed E-state index contributed by atoms with van der Waals surface area (Å²) in [4.78, 5) is 2.32. The third-order valence-electron chi connectivity index (χ3n) is 3.91. The van der Waals surface area contributed by atoms with Crippen molar-refractivity contribution in [1.29, 1.82) is 0 Å². The van der Waals surface area contributed by atoms with Gasteiger partial charge in [-0.3, -0.25) is 0 Å². The molecule has 1 aliphatic rings. The lowest BCUT2D eigenvalue weighted by molar-refractivity contribution is 0.362. The van der Waals surface area contributed by atoms with Crippen LogP contribution in [0.3, 0.4) is 0 Å². The Morgan fingerprint density at radius 1 is 1.28 bits per heavy atom. The Labute approximate surface area is 110 Å². The standard InChI is InChI=1S/C15H24N2O/c1-17(11-12-6-4-3-5-7-12)13-8-9-14(16)15(10-13)18-2/h8-10,12H,3-7,11,16H2,1-2H3. The third kappa shape index (κ3) is 3.09. The molecule has 0 radical (unpaired) electrons. The number of hydrogen-bond donors (Lipinski definition) is 1. The minimum atomic E-state index is 0.701. The maximum absolute atomic E-state index is 5.84. The van der Waals surface area contributed by atoms with E-state index in [9.17, 15) is 0 Å². The highest BCUT2D eigenvalue weighted by atomic mass is 16.5. The van der Waals surface area contributed by atoms with E-state index < -0.39 is 0 Å². The number of methoxy groups -OCH3 is 1. The highest BCUT2D eigenvalue weighted by molar-refractivity contribution is 5.62. The van der Waals surface area contributed by atoms with Gasteiger partial charge in [-0.25, -0.2) is 0 Å². The van der Waals surface area contributed by atoms with Crippen molar-refractivity contribution in [1.82, 2.24) is 0 Å². The van der Waals surface area contributed by atoms with Crippen LogP contribution in [0.1, 0.15) is 32.1 Å². The van der Waals surface area contributed by atoms with Crippen LogP contribution in [0.25, 0.3) is 0 Å². The van der Waals surface area contributed by atoms with E-state index in [1.165, 1.54) is 37.8 Å². The van der Waals surface area contributed by atoms with Crippen LogP contribution in [0, 0.1) is 5.92 Å². The molecule has 0 amide bonds. The zero-order valence-corrected chi connectivity index (χ0v) is 11.5. The second-order valence-electron chi connectivity index (χ2n) is 5.31. The van der Waals surface area contributed by atoms with E-state index in [1.807, 2.05) is 12.1 Å². The molecule has 0 aromatic heterocycles. The van der Waals surface area contributed by atoms with Gasteiger partial charge in [-0.05, 0) is 30.9 Å². The van der Waals surface area contributed by atoms with Crippen molar-refractivity contribution in [2.75, 3.05) is 31.3 Å². The molecule has 3 heteroatoms. The van der Waals surface area contributed by atoms with Crippen LogP contribution < -0.4 is 15.4 Å². The van der Waals surface area contributed by atoms with Crippen molar-refractivity contribution in [3.8, 4) is 5.75 Å². The Hall–Kier alpha value is -1.38. The summed E-state index contributed by atoms with van der Waals surface area (Å²) < 4.78 is 5.27. The maximum Gasteiger partial charge on any atom is 0.143 e. The van der Waals surface area contributed by atoms with Crippen LogP contribution in [0.15, 0.2) is 18.2 Å². The lowest BCUT2D eigenvalue weighted by Gasteiger charge is -2.28. The van der Waals surface area contributed by atoms with Gasteiger partial charge in [0.15, 0.2) is 0 Å². The molecule has 0 aliphatic heterocycles. The molecule has 0 heterocycles. The zero-order valence-electron chi connectivity index (χ0n) is 11.5. The number of benzene rings is 1. The molecule has 1 saturated carbocycles. The number of nitrogen functional groups attached to an aromatic ring is 1. The van der Waals surface area contributed by atoms with E-state index in [-0.39, 0.29) is 0 Å². The molecule has 1 aromatic carbocycles. The van der Waals surface area contributed by atoms with Crippen LogP contribution in [0.4, 0.5) is 11.4 Å². The topological polar surface area (TPSA) is 38.5 Å². The minimum Gasteiger partial charge on any atom is -0.495 e. The van der Waals surface area contributed by atoms with Gasteiger partial charge in [-0.15, -0.1) is 0 Å². The van der Waals surface area contributed by atoms with Gasteiger partial charge in [0.1, 0.15) is 5.75 Å². The van der Waals surface area contributed by atoms with E-state index in [4.69, 9.17) is 10.5 Å². The Kier molecular flexibility index (Phi) is 4.34. The zero-order chi connectivity index (χ0) is 13.0. The van der Waals surface area contributed by atoms with Crippen molar-refractivity contribution in [3.63, 3.8) is 0 Å². The normalized spacial score (nSPS) is 16.6. The van der Waals surface area contributed by atoms with Crippen molar-refractivity contribution < 1.29 is 4.74 Å². The SMILES string of the molecule is COc1cc(N(C)CC2CCCCC2)ccc1N. The Bertz CT molecular complexity index is 386. The Morgan fingerprint density at radius 2 is 2.00 bits per heavy atom. The van der Waals surface area contributed by atoms with Crippen LogP contribution in [-0.4, -0.2) is 20.7 Å². The smallest absolute Gasteiger partial charge is 0.143 e. The van der Waals surface area contributed by atoms with Crippen molar-refractivity contribution >= 4 is 11.4 Å². The monoisotopic (exact) mass is 248 g/mol. The van der Waals surface area contributed by atoms with Gasteiger partial charge >= 0.3 is 0 Å².